The number of carbonyl (C=O) groups is 3. The first kappa shape index (κ1) is 67.9. The molecule has 21 heteroatoms. The van der Waals surface area contributed by atoms with E-state index in [1.54, 1.807) is 6.07 Å². The summed E-state index contributed by atoms with van der Waals surface area (Å²) in [6.07, 6.45) is 0. The van der Waals surface area contributed by atoms with Gasteiger partial charge in [-0.2, -0.15) is 8.78 Å². The molecule has 0 aliphatic heterocycles. The number of carboxylic acids is 3. The smallest absolute Gasteiger partial charge is 0.357 e. The molecule has 0 aliphatic rings. The minimum absolute atomic E-state index is 0.0146. The molecule has 0 atom stereocenters. The number of aromatic carboxylic acids is 2. The van der Waals surface area contributed by atoms with Crippen LogP contribution in [-0.2, 0) is 15.7 Å². The fraction of sp³-hybridized carbons (Fsp3) is 0.0500. The average Bonchev–Trinajstić information content (AvgIpc) is 3.52. The molecule has 9 aromatic rings. The van der Waals surface area contributed by atoms with Crippen molar-refractivity contribution in [2.75, 3.05) is 0 Å². The number of nitro benzene ring substituents is 1. The van der Waals surface area contributed by atoms with Crippen LogP contribution in [-0.4, -0.2) is 33.5 Å². The van der Waals surface area contributed by atoms with Crippen LogP contribution in [0.15, 0.2) is 233 Å². The highest BCUT2D eigenvalue weighted by molar-refractivity contribution is 14.1. The van der Waals surface area contributed by atoms with Crippen molar-refractivity contribution in [3.05, 3.63) is 294 Å². The second-order valence-electron chi connectivity index (χ2n) is 16.2. The monoisotopic (exact) mass is 1680 g/mol. The van der Waals surface area contributed by atoms with Crippen LogP contribution >= 0.6 is 67.8 Å². The summed E-state index contributed by atoms with van der Waals surface area (Å²) in [4.78, 5) is 42.8. The summed E-state index contributed by atoms with van der Waals surface area (Å²) in [5, 5.41) is 48.9. The largest absolute Gasteiger partial charge is 0.547 e. The fourth-order valence-corrected chi connectivity index (χ4v) is 14.9. The van der Waals surface area contributed by atoms with E-state index in [2.05, 4.69) is 209 Å². The van der Waals surface area contributed by atoms with Gasteiger partial charge in [0.1, 0.15) is 5.82 Å². The number of carboxylic acid groups (broad SMARTS) is 3. The van der Waals surface area contributed by atoms with Crippen molar-refractivity contribution in [2.24, 2.45) is 0 Å². The Kier molecular flexibility index (Phi) is 29.1. The molecular weight excluding hydrogens is 1640 g/mol. The topological polar surface area (TPSA) is 184 Å². The number of hydrogen-bond donors (Lipinski definition) is 1. The number of nitro groups is 1. The second-order valence-corrected chi connectivity index (χ2v) is 27.7. The molecule has 418 valence electrons. The number of benzene rings is 9. The molecule has 10 nitrogen and oxygen atoms in total. The number of aliphatic hydroxyl groups is 1. The van der Waals surface area contributed by atoms with Gasteiger partial charge in [0.05, 0.1) is 44.9 Å². The Morgan fingerprint density at radius 2 is 0.802 bits per heavy atom. The molecule has 0 saturated carbocycles. The quantitative estimate of drug-likeness (QED) is 0.0441. The molecule has 0 fully saturated rings. The maximum absolute atomic E-state index is 12.8. The number of aliphatic carboxylic acids is 1. The molecule has 0 aliphatic carbocycles. The summed E-state index contributed by atoms with van der Waals surface area (Å²) >= 11 is 6.07. The highest BCUT2D eigenvalue weighted by Crippen LogP contribution is 2.31. The van der Waals surface area contributed by atoms with Gasteiger partial charge < -0.3 is 34.8 Å². The third kappa shape index (κ3) is 22.9. The molecule has 9 rings (SSSR count). The SMILES string of the molecule is CC(C)(O)C(=O)[O-].Fc1ccc([I+]c2ccccc2)cc1.O=C([O-])c1c(F)c(F)c([N+](=O)[O-])c(F)c1F.O=C([O-])c1cc(I)cc(I)c1I.c1ccc([I+]c2ccccc2)cc1.c1ccc([S+](c2ccccc2)c2ccccc2)cc1. The lowest BCUT2D eigenvalue weighted by molar-refractivity contribution is -0.597. The van der Waals surface area contributed by atoms with Gasteiger partial charge in [-0.15, -0.1) is 0 Å². The Bertz CT molecular complexity index is 3250. The number of carbonyl (C=O) groups excluding carboxylic acids is 3. The van der Waals surface area contributed by atoms with Crippen molar-refractivity contribution in [2.45, 2.75) is 34.1 Å². The number of nitrogens with zero attached hydrogens (tertiary/aromatic N) is 1. The van der Waals surface area contributed by atoms with Gasteiger partial charge in [0.15, 0.2) is 40.6 Å². The third-order valence-electron chi connectivity index (χ3n) is 9.72. The maximum Gasteiger partial charge on any atom is 0.357 e. The normalized spacial score (nSPS) is 10.3. The number of hydrogen-bond acceptors (Lipinski definition) is 9. The van der Waals surface area contributed by atoms with Gasteiger partial charge in [-0.05, 0) is 191 Å². The molecule has 0 radical (unpaired) electrons. The lowest BCUT2D eigenvalue weighted by atomic mass is 10.1. The predicted molar refractivity (Wildman–Crippen MR) is 309 cm³/mol. The van der Waals surface area contributed by atoms with E-state index in [0.717, 1.165) is 24.6 Å². The highest BCUT2D eigenvalue weighted by Gasteiger charge is 2.33. The predicted octanol–water partition coefficient (Wildman–Crippen LogP) is 5.44. The molecule has 0 saturated heterocycles. The Morgan fingerprint density at radius 3 is 1.09 bits per heavy atom. The molecule has 81 heavy (non-hydrogen) atoms. The van der Waals surface area contributed by atoms with E-state index in [1.165, 1.54) is 41.1 Å². The molecule has 9 aromatic carbocycles. The molecule has 0 heterocycles. The summed E-state index contributed by atoms with van der Waals surface area (Å²) in [6, 6.07) is 74.2. The first-order valence-electron chi connectivity index (χ1n) is 23.1. The van der Waals surface area contributed by atoms with E-state index in [9.17, 15) is 61.8 Å². The molecule has 0 bridgehead atoms. The van der Waals surface area contributed by atoms with Crippen LogP contribution in [0.5, 0.6) is 0 Å². The van der Waals surface area contributed by atoms with Crippen LogP contribution < -0.4 is 57.7 Å². The molecule has 0 amide bonds. The summed E-state index contributed by atoms with van der Waals surface area (Å²) in [5.41, 5.74) is -5.55. The van der Waals surface area contributed by atoms with Crippen LogP contribution in [0.1, 0.15) is 34.6 Å². The lowest BCUT2D eigenvalue weighted by Gasteiger charge is -2.16. The highest BCUT2D eigenvalue weighted by atomic mass is 127. The van der Waals surface area contributed by atoms with Crippen molar-refractivity contribution < 1.29 is 104 Å². The van der Waals surface area contributed by atoms with Gasteiger partial charge in [-0.3, -0.25) is 10.1 Å². The average molecular weight is 1680 g/mol. The number of halogens is 10. The number of rotatable bonds is 11. The third-order valence-corrected chi connectivity index (χ3v) is 21.0. The first-order chi connectivity index (χ1) is 38.5. The van der Waals surface area contributed by atoms with E-state index in [-0.39, 0.29) is 64.7 Å². The van der Waals surface area contributed by atoms with Gasteiger partial charge in [-0.25, -0.2) is 13.2 Å². The van der Waals surface area contributed by atoms with Crippen molar-refractivity contribution >= 4 is 102 Å². The van der Waals surface area contributed by atoms with E-state index in [4.69, 9.17) is 5.11 Å². The van der Waals surface area contributed by atoms with Crippen LogP contribution in [0.2, 0.25) is 0 Å². The van der Waals surface area contributed by atoms with Crippen LogP contribution in [0.3, 0.4) is 0 Å². The van der Waals surface area contributed by atoms with E-state index in [1.807, 2.05) is 59.0 Å². The summed E-state index contributed by atoms with van der Waals surface area (Å²) in [5.74, 6) is -14.8. The minimum atomic E-state index is -2.53. The second kappa shape index (κ2) is 34.8. The zero-order valence-corrected chi connectivity index (χ0v) is 53.7. The Morgan fingerprint density at radius 1 is 0.494 bits per heavy atom. The van der Waals surface area contributed by atoms with Crippen molar-refractivity contribution in [1.29, 1.82) is 0 Å². The van der Waals surface area contributed by atoms with Gasteiger partial charge in [0, 0.05) is 16.3 Å². The lowest BCUT2D eigenvalue weighted by Crippen LogP contribution is -3.61. The maximum atomic E-state index is 12.8. The molecule has 1 N–H and O–H groups in total. The van der Waals surface area contributed by atoms with Gasteiger partial charge in [0.25, 0.3) is 0 Å². The Balaban J connectivity index is 0.000000213. The Labute approximate surface area is 528 Å². The first-order valence-corrected chi connectivity index (χ1v) is 31.9. The minimum Gasteiger partial charge on any atom is -0.547 e. The molecular formula is C60H43F5I5NO9S. The molecule has 0 unspecified atom stereocenters. The van der Waals surface area contributed by atoms with E-state index >= 15 is 0 Å². The molecule has 0 spiro atoms. The summed E-state index contributed by atoms with van der Waals surface area (Å²) in [6.45, 7) is 2.31. The zero-order valence-electron chi connectivity index (χ0n) is 42.1. The van der Waals surface area contributed by atoms with Crippen LogP contribution in [0, 0.1) is 64.2 Å². The van der Waals surface area contributed by atoms with Crippen molar-refractivity contribution in [3.8, 4) is 0 Å². The van der Waals surface area contributed by atoms with Crippen LogP contribution in [0.25, 0.3) is 0 Å². The van der Waals surface area contributed by atoms with Crippen LogP contribution in [0.4, 0.5) is 27.6 Å². The van der Waals surface area contributed by atoms with Crippen molar-refractivity contribution in [1.82, 2.24) is 0 Å². The van der Waals surface area contributed by atoms with Crippen molar-refractivity contribution in [3.63, 3.8) is 0 Å². The Hall–Kier alpha value is -5.60. The van der Waals surface area contributed by atoms with Gasteiger partial charge >= 0.3 is 48.1 Å². The van der Waals surface area contributed by atoms with Gasteiger partial charge in [0.2, 0.25) is 11.6 Å². The molecule has 0 aromatic heterocycles. The van der Waals surface area contributed by atoms with E-state index < -0.39 is 63.0 Å². The zero-order chi connectivity index (χ0) is 59.6. The summed E-state index contributed by atoms with van der Waals surface area (Å²) < 4.78 is 72.0. The van der Waals surface area contributed by atoms with Gasteiger partial charge in [-0.1, -0.05) is 109 Å². The van der Waals surface area contributed by atoms with E-state index in [0.29, 0.717) is 0 Å². The standard InChI is InChI=1S/C18H15S.C12H9FI.C12H10I.C7HF4NO4.C7H3I3O2.C4H8O3/c1-4-10-16(11-5-1)19(17-12-6-2-7-13-17)18-14-8-3-9-15-18;13-10-6-8-12(9-7-10)14-11-4-2-1-3-5-11;1-3-7-11(8-4-1)13-12-9-5-2-6-10-12;8-2-1(7(13)14)3(9)5(11)6(4(2)10)12(15)16;8-3-1-4(7(11)12)6(10)5(9)2-3;1-4(2,7)3(5)6/h1-15H;1-9H;1-10H;(H,13,14);1-2H,(H,11,12);7H,1-2H3,(H,5,6)/q3*+1;;;/p-3. The summed E-state index contributed by atoms with van der Waals surface area (Å²) in [7, 11) is -0.0146. The fourth-order valence-electron chi connectivity index (χ4n) is 5.92.